The number of carbonyl (C=O) groups excluding carboxylic acids is 2. The molecule has 0 rings (SSSR count). The van der Waals surface area contributed by atoms with Gasteiger partial charge >= 0.3 is 5.97 Å². The molecule has 376 valence electrons. The van der Waals surface area contributed by atoms with E-state index in [1.807, 2.05) is 0 Å². The molecule has 3 atom stereocenters. The van der Waals surface area contributed by atoms with Crippen LogP contribution in [0.2, 0.25) is 0 Å². The van der Waals surface area contributed by atoms with Crippen LogP contribution >= 0.6 is 0 Å². The maximum absolute atomic E-state index is 13.2. The Kier molecular flexibility index (Phi) is 50.9. The van der Waals surface area contributed by atoms with Gasteiger partial charge in [-0.05, 0) is 25.7 Å². The van der Waals surface area contributed by atoms with Crippen LogP contribution in [0.3, 0.4) is 0 Å². The molecule has 0 aliphatic heterocycles. The average molecular weight is 893 g/mol. The highest BCUT2D eigenvalue weighted by Crippen LogP contribution is 2.19. The Morgan fingerprint density at radius 3 is 0.968 bits per heavy atom. The second-order valence-electron chi connectivity index (χ2n) is 20.1. The van der Waals surface area contributed by atoms with E-state index in [4.69, 9.17) is 4.74 Å². The van der Waals surface area contributed by atoms with Crippen LogP contribution in [0.4, 0.5) is 0 Å². The largest absolute Gasteiger partial charge is 0.462 e. The van der Waals surface area contributed by atoms with Gasteiger partial charge in [-0.1, -0.05) is 290 Å². The molecule has 0 fully saturated rings. The first-order valence-corrected chi connectivity index (χ1v) is 28.8. The molecule has 0 radical (unpaired) electrons. The normalized spacial score (nSPS) is 13.0. The Morgan fingerprint density at radius 1 is 0.397 bits per heavy atom. The summed E-state index contributed by atoms with van der Waals surface area (Å²) < 4.78 is 5.97. The summed E-state index contributed by atoms with van der Waals surface area (Å²) in [6, 6.07) is -0.692. The smallest absolute Gasteiger partial charge is 0.306 e. The lowest BCUT2D eigenvalue weighted by Crippen LogP contribution is -2.46. The standard InChI is InChI=1S/C57H113NO5/c1-4-7-10-13-16-19-22-24-26-27-28-29-31-33-35-38-41-44-47-50-57(62)63-53(48-45-42-39-36-34-32-30-25-23-20-17-14-11-8-5-2)51-56(61)58-54(52-59)55(60)49-46-43-40-37-21-18-15-12-9-6-3/h53-55,59-60H,4-52H2,1-3H3,(H,58,61). The van der Waals surface area contributed by atoms with Crippen molar-refractivity contribution in [3.8, 4) is 0 Å². The Balaban J connectivity index is 4.44. The number of aliphatic hydroxyl groups excluding tert-OH is 2. The summed E-state index contributed by atoms with van der Waals surface area (Å²) in [6.45, 7) is 6.52. The highest BCUT2D eigenvalue weighted by Gasteiger charge is 2.24. The van der Waals surface area contributed by atoms with E-state index in [0.717, 1.165) is 38.5 Å². The number of amides is 1. The predicted molar refractivity (Wildman–Crippen MR) is 274 cm³/mol. The molecule has 0 saturated heterocycles. The summed E-state index contributed by atoms with van der Waals surface area (Å²) in [5.74, 6) is -0.445. The lowest BCUT2D eigenvalue weighted by atomic mass is 10.0. The highest BCUT2D eigenvalue weighted by atomic mass is 16.5. The number of hydrogen-bond donors (Lipinski definition) is 3. The molecule has 1 amide bonds. The van der Waals surface area contributed by atoms with Crippen molar-refractivity contribution < 1.29 is 24.5 Å². The second-order valence-corrected chi connectivity index (χ2v) is 20.1. The van der Waals surface area contributed by atoms with Gasteiger partial charge in [0.2, 0.25) is 5.91 Å². The highest BCUT2D eigenvalue weighted by molar-refractivity contribution is 5.77. The number of rotatable bonds is 53. The zero-order chi connectivity index (χ0) is 45.9. The molecule has 0 aromatic heterocycles. The van der Waals surface area contributed by atoms with Crippen LogP contribution in [-0.4, -0.2) is 46.9 Å². The zero-order valence-corrected chi connectivity index (χ0v) is 43.0. The molecule has 6 heteroatoms. The van der Waals surface area contributed by atoms with Crippen molar-refractivity contribution in [3.05, 3.63) is 0 Å². The quantitative estimate of drug-likeness (QED) is 0.0418. The molecule has 3 N–H and O–H groups in total. The van der Waals surface area contributed by atoms with E-state index in [-0.39, 0.29) is 24.9 Å². The van der Waals surface area contributed by atoms with Gasteiger partial charge in [0.15, 0.2) is 0 Å². The van der Waals surface area contributed by atoms with Crippen molar-refractivity contribution in [3.63, 3.8) is 0 Å². The lowest BCUT2D eigenvalue weighted by molar-refractivity contribution is -0.151. The summed E-state index contributed by atoms with van der Waals surface area (Å²) in [4.78, 5) is 26.2. The molecule has 0 aliphatic carbocycles. The monoisotopic (exact) mass is 892 g/mol. The minimum absolute atomic E-state index is 0.0883. The van der Waals surface area contributed by atoms with Gasteiger partial charge in [0.05, 0.1) is 25.2 Å². The Labute approximate surface area is 394 Å². The van der Waals surface area contributed by atoms with Crippen molar-refractivity contribution in [2.75, 3.05) is 6.61 Å². The number of carbonyl (C=O) groups is 2. The third kappa shape index (κ3) is 47.2. The number of esters is 1. The van der Waals surface area contributed by atoms with Gasteiger partial charge in [0, 0.05) is 6.42 Å². The summed E-state index contributed by atoms with van der Waals surface area (Å²) in [5.41, 5.74) is 0. The Bertz CT molecular complexity index is 913. The third-order valence-electron chi connectivity index (χ3n) is 13.7. The number of hydrogen-bond acceptors (Lipinski definition) is 5. The fourth-order valence-corrected chi connectivity index (χ4v) is 9.32. The van der Waals surface area contributed by atoms with Crippen LogP contribution in [0.25, 0.3) is 0 Å². The van der Waals surface area contributed by atoms with Crippen LogP contribution in [0.1, 0.15) is 329 Å². The van der Waals surface area contributed by atoms with Crippen LogP contribution < -0.4 is 5.32 Å². The van der Waals surface area contributed by atoms with Gasteiger partial charge in [0.1, 0.15) is 6.10 Å². The summed E-state index contributed by atoms with van der Waals surface area (Å²) in [7, 11) is 0. The van der Waals surface area contributed by atoms with E-state index in [2.05, 4.69) is 26.1 Å². The van der Waals surface area contributed by atoms with Gasteiger partial charge < -0.3 is 20.3 Å². The molecule has 0 spiro atoms. The van der Waals surface area contributed by atoms with Crippen LogP contribution in [0, 0.1) is 0 Å². The maximum Gasteiger partial charge on any atom is 0.306 e. The minimum Gasteiger partial charge on any atom is -0.462 e. The second kappa shape index (κ2) is 51.8. The molecular weight excluding hydrogens is 779 g/mol. The van der Waals surface area contributed by atoms with Crippen LogP contribution in [0.15, 0.2) is 0 Å². The molecule has 63 heavy (non-hydrogen) atoms. The van der Waals surface area contributed by atoms with Crippen LogP contribution in [-0.2, 0) is 14.3 Å². The van der Waals surface area contributed by atoms with E-state index < -0.39 is 18.2 Å². The third-order valence-corrected chi connectivity index (χ3v) is 13.7. The number of ether oxygens (including phenoxy) is 1. The first kappa shape index (κ1) is 61.9. The predicted octanol–water partition coefficient (Wildman–Crippen LogP) is 17.5. The summed E-state index contributed by atoms with van der Waals surface area (Å²) >= 11 is 0. The van der Waals surface area contributed by atoms with Gasteiger partial charge in [-0.3, -0.25) is 9.59 Å². The molecule has 0 bridgehead atoms. The summed E-state index contributed by atoms with van der Waals surface area (Å²) in [5, 5.41) is 23.8. The molecule has 0 saturated carbocycles. The number of unbranched alkanes of at least 4 members (excludes halogenated alkanes) is 41. The molecule has 0 aromatic rings. The fourth-order valence-electron chi connectivity index (χ4n) is 9.32. The lowest BCUT2D eigenvalue weighted by Gasteiger charge is -2.24. The molecular formula is C57H113NO5. The molecule has 0 aromatic carbocycles. The zero-order valence-electron chi connectivity index (χ0n) is 43.0. The molecule has 6 nitrogen and oxygen atoms in total. The topological polar surface area (TPSA) is 95.9 Å². The summed E-state index contributed by atoms with van der Waals surface area (Å²) in [6.07, 6.45) is 57.5. The van der Waals surface area contributed by atoms with E-state index in [9.17, 15) is 19.8 Å². The van der Waals surface area contributed by atoms with Crippen molar-refractivity contribution in [1.29, 1.82) is 0 Å². The molecule has 0 heterocycles. The van der Waals surface area contributed by atoms with Gasteiger partial charge in [-0.25, -0.2) is 0 Å². The Hall–Kier alpha value is -1.14. The Morgan fingerprint density at radius 2 is 0.667 bits per heavy atom. The first-order valence-electron chi connectivity index (χ1n) is 28.8. The first-order chi connectivity index (χ1) is 31.0. The maximum atomic E-state index is 13.2. The van der Waals surface area contributed by atoms with Crippen LogP contribution in [0.5, 0.6) is 0 Å². The molecule has 3 unspecified atom stereocenters. The van der Waals surface area contributed by atoms with Gasteiger partial charge in [-0.15, -0.1) is 0 Å². The van der Waals surface area contributed by atoms with Crippen molar-refractivity contribution in [2.24, 2.45) is 0 Å². The minimum atomic E-state index is -0.779. The average Bonchev–Trinajstić information content (AvgIpc) is 3.28. The number of nitrogens with one attached hydrogen (secondary N) is 1. The number of aliphatic hydroxyl groups is 2. The van der Waals surface area contributed by atoms with E-state index in [1.165, 1.54) is 244 Å². The van der Waals surface area contributed by atoms with E-state index in [0.29, 0.717) is 19.3 Å². The van der Waals surface area contributed by atoms with Gasteiger partial charge in [-0.2, -0.15) is 0 Å². The SMILES string of the molecule is CCCCCCCCCCCCCCCCCCCCCC(=O)OC(CCCCCCCCCCCCCCCCC)CC(=O)NC(CO)C(O)CCCCCCCCCCCC. The van der Waals surface area contributed by atoms with Crippen molar-refractivity contribution in [2.45, 2.75) is 347 Å². The molecule has 0 aliphatic rings. The van der Waals surface area contributed by atoms with Crippen molar-refractivity contribution >= 4 is 11.9 Å². The van der Waals surface area contributed by atoms with Crippen molar-refractivity contribution in [1.82, 2.24) is 5.32 Å². The van der Waals surface area contributed by atoms with Gasteiger partial charge in [0.25, 0.3) is 0 Å². The van der Waals surface area contributed by atoms with E-state index in [1.54, 1.807) is 0 Å². The fraction of sp³-hybridized carbons (Fsp3) is 0.965. The van der Waals surface area contributed by atoms with E-state index >= 15 is 0 Å².